The first kappa shape index (κ1) is 20.1. The normalized spacial score (nSPS) is 14.6. The van der Waals surface area contributed by atoms with E-state index < -0.39 is 15.7 Å². The summed E-state index contributed by atoms with van der Waals surface area (Å²) in [5, 5.41) is 2.33. The van der Waals surface area contributed by atoms with Crippen molar-refractivity contribution in [3.8, 4) is 5.75 Å². The maximum Gasteiger partial charge on any atom is 0.262 e. The van der Waals surface area contributed by atoms with Crippen molar-refractivity contribution < 1.29 is 22.7 Å². The number of rotatable bonds is 7. The van der Waals surface area contributed by atoms with Crippen molar-refractivity contribution in [3.63, 3.8) is 0 Å². The Balaban J connectivity index is 1.60. The van der Waals surface area contributed by atoms with Gasteiger partial charge in [-0.05, 0) is 62.2 Å². The average molecular weight is 401 g/mol. The lowest BCUT2D eigenvalue weighted by Gasteiger charge is -2.13. The SMILES string of the molecule is CC(=O)c1ccc(OCC(=O)Nc2cccc(S(=O)(=O)C3CCCC3)c2)cc1. The third kappa shape index (κ3) is 4.78. The Morgan fingerprint density at radius 2 is 1.75 bits per heavy atom. The van der Waals surface area contributed by atoms with E-state index in [1.807, 2.05) is 0 Å². The Morgan fingerprint density at radius 3 is 2.39 bits per heavy atom. The quantitative estimate of drug-likeness (QED) is 0.716. The molecule has 1 aliphatic rings. The van der Waals surface area contributed by atoms with Crippen LogP contribution in [-0.4, -0.2) is 32.0 Å². The number of hydrogen-bond acceptors (Lipinski definition) is 5. The number of ketones is 1. The molecule has 0 atom stereocenters. The molecular weight excluding hydrogens is 378 g/mol. The van der Waals surface area contributed by atoms with Crippen molar-refractivity contribution in [2.45, 2.75) is 42.8 Å². The van der Waals surface area contributed by atoms with E-state index >= 15 is 0 Å². The van der Waals surface area contributed by atoms with Crippen molar-refractivity contribution >= 4 is 27.2 Å². The maximum atomic E-state index is 12.7. The Labute approximate surface area is 164 Å². The summed E-state index contributed by atoms with van der Waals surface area (Å²) in [4.78, 5) is 23.6. The van der Waals surface area contributed by atoms with Gasteiger partial charge in [-0.15, -0.1) is 0 Å². The zero-order valence-electron chi connectivity index (χ0n) is 15.7. The van der Waals surface area contributed by atoms with Gasteiger partial charge in [0.1, 0.15) is 5.75 Å². The van der Waals surface area contributed by atoms with Gasteiger partial charge >= 0.3 is 0 Å². The van der Waals surface area contributed by atoms with E-state index in [9.17, 15) is 18.0 Å². The molecule has 1 amide bonds. The smallest absolute Gasteiger partial charge is 0.262 e. The van der Waals surface area contributed by atoms with E-state index in [-0.39, 0.29) is 22.5 Å². The van der Waals surface area contributed by atoms with Crippen LogP contribution in [0.4, 0.5) is 5.69 Å². The summed E-state index contributed by atoms with van der Waals surface area (Å²) in [6.45, 7) is 1.25. The summed E-state index contributed by atoms with van der Waals surface area (Å²) in [6, 6.07) is 12.8. The Hall–Kier alpha value is -2.67. The van der Waals surface area contributed by atoms with Crippen molar-refractivity contribution in [1.29, 1.82) is 0 Å². The minimum Gasteiger partial charge on any atom is -0.484 e. The maximum absolute atomic E-state index is 12.7. The standard InChI is InChI=1S/C21H23NO5S/c1-15(23)16-9-11-18(12-10-16)27-14-21(24)22-17-5-4-8-20(13-17)28(25,26)19-6-2-3-7-19/h4-5,8-13,19H,2-3,6-7,14H2,1H3,(H,22,24). The topological polar surface area (TPSA) is 89.5 Å². The Bertz CT molecular complexity index is 961. The number of hydrogen-bond donors (Lipinski definition) is 1. The van der Waals surface area contributed by atoms with Crippen molar-refractivity contribution in [2.75, 3.05) is 11.9 Å². The molecule has 3 rings (SSSR count). The summed E-state index contributed by atoms with van der Waals surface area (Å²) in [6.07, 6.45) is 3.25. The summed E-state index contributed by atoms with van der Waals surface area (Å²) in [5.74, 6) is 0.0282. The van der Waals surface area contributed by atoms with Crippen LogP contribution in [0.15, 0.2) is 53.4 Å². The monoisotopic (exact) mass is 401 g/mol. The minimum absolute atomic E-state index is 0.0447. The predicted octanol–water partition coefficient (Wildman–Crippen LogP) is 3.62. The fraction of sp³-hybridized carbons (Fsp3) is 0.333. The van der Waals surface area contributed by atoms with Gasteiger partial charge in [-0.3, -0.25) is 9.59 Å². The summed E-state index contributed by atoms with van der Waals surface area (Å²) in [7, 11) is -3.37. The molecule has 1 fully saturated rings. The van der Waals surface area contributed by atoms with Crippen molar-refractivity contribution in [2.24, 2.45) is 0 Å². The largest absolute Gasteiger partial charge is 0.484 e. The number of sulfone groups is 1. The number of ether oxygens (including phenoxy) is 1. The van der Waals surface area contributed by atoms with Gasteiger partial charge in [0.15, 0.2) is 22.2 Å². The van der Waals surface area contributed by atoms with E-state index in [1.165, 1.54) is 13.0 Å². The predicted molar refractivity (Wildman–Crippen MR) is 106 cm³/mol. The molecule has 0 radical (unpaired) electrons. The molecule has 28 heavy (non-hydrogen) atoms. The van der Waals surface area contributed by atoms with Crippen LogP contribution in [0.2, 0.25) is 0 Å². The molecule has 0 unspecified atom stereocenters. The van der Waals surface area contributed by atoms with Crippen LogP contribution in [0.1, 0.15) is 43.0 Å². The number of amides is 1. The molecule has 0 aliphatic heterocycles. The molecule has 0 saturated heterocycles. The second-order valence-electron chi connectivity index (χ2n) is 6.90. The lowest BCUT2D eigenvalue weighted by atomic mass is 10.1. The lowest BCUT2D eigenvalue weighted by Crippen LogP contribution is -2.21. The van der Waals surface area contributed by atoms with Gasteiger partial charge in [-0.2, -0.15) is 0 Å². The second kappa shape index (κ2) is 8.56. The molecule has 2 aromatic carbocycles. The highest BCUT2D eigenvalue weighted by Gasteiger charge is 2.30. The molecular formula is C21H23NO5S. The highest BCUT2D eigenvalue weighted by atomic mass is 32.2. The first-order valence-corrected chi connectivity index (χ1v) is 10.8. The third-order valence-electron chi connectivity index (χ3n) is 4.82. The highest BCUT2D eigenvalue weighted by molar-refractivity contribution is 7.92. The number of Topliss-reactive ketones (excluding diaryl/α,β-unsaturated/α-hetero) is 1. The molecule has 6 nitrogen and oxygen atoms in total. The molecule has 1 aliphatic carbocycles. The van der Waals surface area contributed by atoms with Crippen LogP contribution in [0.3, 0.4) is 0 Å². The van der Waals surface area contributed by atoms with Crippen LogP contribution in [0.25, 0.3) is 0 Å². The summed E-state index contributed by atoms with van der Waals surface area (Å²) < 4.78 is 30.8. The fourth-order valence-corrected chi connectivity index (χ4v) is 5.17. The number of carbonyl (C=O) groups excluding carboxylic acids is 2. The van der Waals surface area contributed by atoms with Crippen LogP contribution < -0.4 is 10.1 Å². The summed E-state index contributed by atoms with van der Waals surface area (Å²) in [5.41, 5.74) is 0.983. The van der Waals surface area contributed by atoms with Crippen LogP contribution in [-0.2, 0) is 14.6 Å². The molecule has 2 aromatic rings. The van der Waals surface area contributed by atoms with Gasteiger partial charge in [0, 0.05) is 11.3 Å². The first-order valence-electron chi connectivity index (χ1n) is 9.24. The van der Waals surface area contributed by atoms with E-state index in [4.69, 9.17) is 4.74 Å². The van der Waals surface area contributed by atoms with Crippen LogP contribution >= 0.6 is 0 Å². The van der Waals surface area contributed by atoms with Crippen LogP contribution in [0.5, 0.6) is 5.75 Å². The van der Waals surface area contributed by atoms with Crippen molar-refractivity contribution in [1.82, 2.24) is 0 Å². The third-order valence-corrected chi connectivity index (χ3v) is 7.08. The molecule has 7 heteroatoms. The van der Waals surface area contributed by atoms with E-state index in [0.717, 1.165) is 12.8 Å². The fourth-order valence-electron chi connectivity index (χ4n) is 3.27. The molecule has 1 saturated carbocycles. The number of carbonyl (C=O) groups is 2. The minimum atomic E-state index is -3.37. The molecule has 0 aromatic heterocycles. The first-order chi connectivity index (χ1) is 13.4. The van der Waals surface area contributed by atoms with Gasteiger partial charge in [0.05, 0.1) is 10.1 Å². The van der Waals surface area contributed by atoms with Gasteiger partial charge in [-0.1, -0.05) is 18.9 Å². The van der Waals surface area contributed by atoms with E-state index in [2.05, 4.69) is 5.32 Å². The molecule has 0 bridgehead atoms. The summed E-state index contributed by atoms with van der Waals surface area (Å²) >= 11 is 0. The van der Waals surface area contributed by atoms with Crippen molar-refractivity contribution in [3.05, 3.63) is 54.1 Å². The number of anilines is 1. The van der Waals surface area contributed by atoms with Gasteiger partial charge in [-0.25, -0.2) is 8.42 Å². The number of benzene rings is 2. The molecule has 1 N–H and O–H groups in total. The molecule has 148 valence electrons. The molecule has 0 heterocycles. The number of nitrogens with one attached hydrogen (secondary N) is 1. The highest BCUT2D eigenvalue weighted by Crippen LogP contribution is 2.30. The zero-order valence-corrected chi connectivity index (χ0v) is 16.5. The molecule has 0 spiro atoms. The van der Waals surface area contributed by atoms with E-state index in [1.54, 1.807) is 42.5 Å². The average Bonchev–Trinajstić information content (AvgIpc) is 3.22. The van der Waals surface area contributed by atoms with E-state index in [0.29, 0.717) is 29.8 Å². The zero-order chi connectivity index (χ0) is 20.1. The van der Waals surface area contributed by atoms with Gasteiger partial charge < -0.3 is 10.1 Å². The lowest BCUT2D eigenvalue weighted by molar-refractivity contribution is -0.118. The Kier molecular flexibility index (Phi) is 6.14. The van der Waals surface area contributed by atoms with Gasteiger partial charge in [0.2, 0.25) is 0 Å². The Morgan fingerprint density at radius 1 is 1.07 bits per heavy atom. The van der Waals surface area contributed by atoms with Crippen LogP contribution in [0, 0.1) is 0 Å². The van der Waals surface area contributed by atoms with Gasteiger partial charge in [0.25, 0.3) is 5.91 Å². The second-order valence-corrected chi connectivity index (χ2v) is 9.12.